The first-order valence-corrected chi connectivity index (χ1v) is 14.4. The smallest absolute Gasteiger partial charge is 0.317 e. The number of carbonyl (C=O) groups is 2. The molecule has 10 unspecified atom stereocenters. The Bertz CT molecular complexity index is 1700. The Hall–Kier alpha value is -4.37. The number of carboxylic acids is 1. The minimum absolute atomic E-state index is 0.107. The number of aliphatic carboxylic acids is 1. The molecule has 0 saturated carbocycles. The number of aliphatic hydroxyl groups is 6. The van der Waals surface area contributed by atoms with Gasteiger partial charge in [0.1, 0.15) is 96.4 Å². The largest absolute Gasteiger partial charge is 0.508 e. The van der Waals surface area contributed by atoms with Gasteiger partial charge in [-0.2, -0.15) is 0 Å². The fourth-order valence-electron chi connectivity index (χ4n) is 5.51. The third kappa shape index (κ3) is 6.79. The van der Waals surface area contributed by atoms with Crippen LogP contribution in [0, 0.1) is 0 Å². The zero-order chi connectivity index (χ0) is 35.0. The van der Waals surface area contributed by atoms with Crippen LogP contribution in [0.15, 0.2) is 45.6 Å². The van der Waals surface area contributed by atoms with Crippen LogP contribution >= 0.6 is 0 Å². The highest BCUT2D eigenvalue weighted by Gasteiger charge is 2.52. The summed E-state index contributed by atoms with van der Waals surface area (Å²) in [5, 5.41) is 103. The summed E-state index contributed by atoms with van der Waals surface area (Å²) in [7, 11) is 0. The Morgan fingerprint density at radius 2 is 1.48 bits per heavy atom. The number of fused-ring (bicyclic) bond motifs is 1. The fraction of sp³-hybridized carbons (Fsp3) is 0.433. The molecule has 10 N–H and O–H groups in total. The predicted octanol–water partition coefficient (Wildman–Crippen LogP) is -2.06. The van der Waals surface area contributed by atoms with Crippen LogP contribution in [0.25, 0.3) is 22.3 Å². The average Bonchev–Trinajstić information content (AvgIpc) is 3.03. The second-order valence-corrected chi connectivity index (χ2v) is 11.2. The molecule has 1 aromatic heterocycles. The van der Waals surface area contributed by atoms with Crippen molar-refractivity contribution in [1.82, 2.24) is 0 Å². The Morgan fingerprint density at radius 1 is 0.812 bits per heavy atom. The van der Waals surface area contributed by atoms with Crippen molar-refractivity contribution >= 4 is 22.9 Å². The normalized spacial score (nSPS) is 30.6. The van der Waals surface area contributed by atoms with Gasteiger partial charge in [0.05, 0.1) is 12.2 Å². The Kier molecular flexibility index (Phi) is 10.2. The SMILES string of the molecule is O=C(O)CC(=O)OCC1OC(c2c(O)cc(O)c3c(=O)cc(-c4ccc(O)cc4)oc23)C(OC2OC(CO)C(O)C(O)C2O)C(O)C1O. The molecule has 10 atom stereocenters. The average molecular weight is 681 g/mol. The molecule has 0 spiro atoms. The molecule has 260 valence electrons. The number of phenols is 3. The van der Waals surface area contributed by atoms with Crippen molar-refractivity contribution in [2.24, 2.45) is 0 Å². The van der Waals surface area contributed by atoms with Crippen molar-refractivity contribution in [1.29, 1.82) is 0 Å². The lowest BCUT2D eigenvalue weighted by molar-refractivity contribution is -0.342. The van der Waals surface area contributed by atoms with Gasteiger partial charge in [0.25, 0.3) is 0 Å². The standard InChI is InChI=1S/C30H32O18/c31-8-16-22(39)24(41)26(43)30(47-16)48-29-25(42)23(40)17(9-44-19(38)7-18(36)37)46-28(29)21-13(34)5-12(33)20-14(35)6-15(45-27(20)21)10-1-3-11(32)4-2-10/h1-6,16-17,22-26,28-34,39-43H,7-9H2,(H,36,37). The van der Waals surface area contributed by atoms with Gasteiger partial charge in [-0.1, -0.05) is 0 Å². The molecule has 3 heterocycles. The minimum Gasteiger partial charge on any atom is -0.508 e. The van der Waals surface area contributed by atoms with Gasteiger partial charge in [0.15, 0.2) is 17.3 Å². The fourth-order valence-corrected chi connectivity index (χ4v) is 5.51. The van der Waals surface area contributed by atoms with Gasteiger partial charge < -0.3 is 74.4 Å². The Morgan fingerprint density at radius 3 is 2.12 bits per heavy atom. The molecule has 48 heavy (non-hydrogen) atoms. The van der Waals surface area contributed by atoms with Crippen molar-refractivity contribution in [3.63, 3.8) is 0 Å². The first-order valence-electron chi connectivity index (χ1n) is 14.4. The molecule has 0 aliphatic carbocycles. The summed E-state index contributed by atoms with van der Waals surface area (Å²) in [5.74, 6) is -4.52. The maximum Gasteiger partial charge on any atom is 0.317 e. The molecule has 0 bridgehead atoms. The lowest BCUT2D eigenvalue weighted by Crippen LogP contribution is -2.62. The van der Waals surface area contributed by atoms with Gasteiger partial charge >= 0.3 is 11.9 Å². The van der Waals surface area contributed by atoms with Crippen molar-refractivity contribution in [3.8, 4) is 28.6 Å². The highest BCUT2D eigenvalue weighted by atomic mass is 16.7. The van der Waals surface area contributed by atoms with Gasteiger partial charge in [0.2, 0.25) is 0 Å². The predicted molar refractivity (Wildman–Crippen MR) is 154 cm³/mol. The van der Waals surface area contributed by atoms with E-state index in [0.29, 0.717) is 0 Å². The number of hydrogen-bond donors (Lipinski definition) is 10. The number of aliphatic hydroxyl groups excluding tert-OH is 6. The van der Waals surface area contributed by atoms with E-state index in [4.69, 9.17) is 28.5 Å². The van der Waals surface area contributed by atoms with E-state index in [2.05, 4.69) is 0 Å². The van der Waals surface area contributed by atoms with E-state index in [9.17, 15) is 60.3 Å². The van der Waals surface area contributed by atoms with Crippen LogP contribution in [-0.2, 0) is 28.5 Å². The number of carboxylic acid groups (broad SMARTS) is 1. The number of ether oxygens (including phenoxy) is 4. The zero-order valence-electron chi connectivity index (χ0n) is 24.6. The molecule has 2 aromatic carbocycles. The van der Waals surface area contributed by atoms with Gasteiger partial charge in [-0.3, -0.25) is 14.4 Å². The molecule has 5 rings (SSSR count). The molecule has 18 heteroatoms. The summed E-state index contributed by atoms with van der Waals surface area (Å²) >= 11 is 0. The number of phenolic OH excluding ortho intramolecular Hbond substituents is 3. The molecular formula is C30H32O18. The van der Waals surface area contributed by atoms with E-state index in [0.717, 1.165) is 12.1 Å². The van der Waals surface area contributed by atoms with Gasteiger partial charge in [-0.05, 0) is 24.3 Å². The molecule has 0 radical (unpaired) electrons. The molecule has 3 aromatic rings. The van der Waals surface area contributed by atoms with E-state index < -0.39 is 126 Å². The van der Waals surface area contributed by atoms with E-state index in [1.54, 1.807) is 0 Å². The highest BCUT2D eigenvalue weighted by molar-refractivity contribution is 5.90. The molecule has 2 fully saturated rings. The van der Waals surface area contributed by atoms with Crippen LogP contribution in [0.1, 0.15) is 18.1 Å². The Balaban J connectivity index is 1.63. The number of hydrogen-bond acceptors (Lipinski definition) is 17. The highest BCUT2D eigenvalue weighted by Crippen LogP contribution is 2.45. The number of carbonyl (C=O) groups excluding carboxylic acids is 1. The van der Waals surface area contributed by atoms with Crippen LogP contribution in [-0.4, -0.2) is 131 Å². The molecular weight excluding hydrogens is 648 g/mol. The molecule has 2 aliphatic rings. The minimum atomic E-state index is -2.07. The summed E-state index contributed by atoms with van der Waals surface area (Å²) in [6.07, 6.45) is -19.6. The van der Waals surface area contributed by atoms with Crippen LogP contribution in [0.2, 0.25) is 0 Å². The lowest BCUT2D eigenvalue weighted by Gasteiger charge is -2.46. The summed E-state index contributed by atoms with van der Waals surface area (Å²) < 4.78 is 27.9. The number of rotatable bonds is 9. The topological polar surface area (TPSA) is 304 Å². The van der Waals surface area contributed by atoms with E-state index in [1.165, 1.54) is 24.3 Å². The van der Waals surface area contributed by atoms with Crippen molar-refractivity contribution < 1.29 is 84.0 Å². The molecule has 18 nitrogen and oxygen atoms in total. The quantitative estimate of drug-likeness (QED) is 0.0858. The maximum atomic E-state index is 13.3. The van der Waals surface area contributed by atoms with Crippen molar-refractivity contribution in [3.05, 3.63) is 52.2 Å². The third-order valence-corrected chi connectivity index (χ3v) is 7.97. The summed E-state index contributed by atoms with van der Waals surface area (Å²) in [6.45, 7) is -1.69. The number of benzene rings is 2. The first-order chi connectivity index (χ1) is 22.7. The maximum absolute atomic E-state index is 13.3. The number of aromatic hydroxyl groups is 3. The second kappa shape index (κ2) is 14.0. The zero-order valence-corrected chi connectivity index (χ0v) is 24.6. The van der Waals surface area contributed by atoms with Crippen LogP contribution in [0.5, 0.6) is 17.2 Å². The van der Waals surface area contributed by atoms with Gasteiger partial charge in [-0.25, -0.2) is 0 Å². The monoisotopic (exact) mass is 680 g/mol. The van der Waals surface area contributed by atoms with Crippen LogP contribution in [0.3, 0.4) is 0 Å². The van der Waals surface area contributed by atoms with Gasteiger partial charge in [0, 0.05) is 17.7 Å². The second-order valence-electron chi connectivity index (χ2n) is 11.2. The summed E-state index contributed by atoms with van der Waals surface area (Å²) in [4.78, 5) is 36.1. The number of esters is 1. The van der Waals surface area contributed by atoms with E-state index >= 15 is 0 Å². The Labute approximate surface area is 268 Å². The first kappa shape index (κ1) is 35.0. The van der Waals surface area contributed by atoms with Crippen LogP contribution in [0.4, 0.5) is 0 Å². The van der Waals surface area contributed by atoms with Crippen molar-refractivity contribution in [2.45, 2.75) is 67.6 Å². The summed E-state index contributed by atoms with van der Waals surface area (Å²) in [5.41, 5.74) is -1.54. The van der Waals surface area contributed by atoms with Crippen LogP contribution < -0.4 is 5.43 Å². The lowest BCUT2D eigenvalue weighted by atomic mass is 9.89. The molecule has 2 aliphatic heterocycles. The summed E-state index contributed by atoms with van der Waals surface area (Å²) in [6, 6.07) is 7.15. The van der Waals surface area contributed by atoms with E-state index in [1.807, 2.05) is 0 Å². The van der Waals surface area contributed by atoms with Gasteiger partial charge in [-0.15, -0.1) is 0 Å². The molecule has 0 amide bonds. The van der Waals surface area contributed by atoms with E-state index in [-0.39, 0.29) is 17.1 Å². The van der Waals surface area contributed by atoms with Crippen molar-refractivity contribution in [2.75, 3.05) is 13.2 Å². The third-order valence-electron chi connectivity index (χ3n) is 7.97. The molecule has 2 saturated heterocycles.